The van der Waals surface area contributed by atoms with Crippen molar-refractivity contribution in [3.63, 3.8) is 0 Å². The van der Waals surface area contributed by atoms with Crippen LogP contribution in [0.5, 0.6) is 0 Å². The molecule has 0 bridgehead atoms. The average Bonchev–Trinajstić information content (AvgIpc) is 2.03. The fourth-order valence-electron chi connectivity index (χ4n) is 0. The molecule has 0 fully saturated rings. The number of halogens is 4. The number of hydrogen-bond donors (Lipinski definition) is 0. The average molecular weight is 502 g/mol. The van der Waals surface area contributed by atoms with Crippen molar-refractivity contribution in [3.8, 4) is 0 Å². The van der Waals surface area contributed by atoms with Crippen LogP contribution < -0.4 is 16.8 Å². The zero-order chi connectivity index (χ0) is 8.00. The molecule has 0 aliphatic carbocycles. The zero-order valence-corrected chi connectivity index (χ0v) is 14.2. The second-order valence-corrected chi connectivity index (χ2v) is 0. The third-order valence-electron chi connectivity index (χ3n) is 0. The zero-order valence-electron chi connectivity index (χ0n) is 4.22. The van der Waals surface area contributed by atoms with Gasteiger partial charge >= 0.3 is 26.2 Å². The Kier molecular flexibility index (Phi) is 572. The van der Waals surface area contributed by atoms with Gasteiger partial charge in [0.2, 0.25) is 0 Å². The van der Waals surface area contributed by atoms with Crippen LogP contribution >= 0.6 is 65.0 Å². The third kappa shape index (κ3) is 115. The van der Waals surface area contributed by atoms with E-state index < -0.39 is 0 Å². The Bertz CT molecular complexity index is 17.2. The number of hydrogen-bond acceptors (Lipinski definition) is 4. The van der Waals surface area contributed by atoms with Gasteiger partial charge in [0.1, 0.15) is 0 Å². The molecule has 0 aromatic heterocycles. The van der Waals surface area contributed by atoms with Crippen LogP contribution in [0.2, 0.25) is 0 Å². The van der Waals surface area contributed by atoms with E-state index in [1.807, 2.05) is 0 Å². The smallest absolute Gasteiger partial charge is 0.791 e. The van der Waals surface area contributed by atoms with Crippen molar-refractivity contribution in [2.75, 3.05) is 0 Å². The summed E-state index contributed by atoms with van der Waals surface area (Å²) in [5.74, 6) is 0. The maximum absolute atomic E-state index is 8.06. The Morgan fingerprint density at radius 3 is 0.500 bits per heavy atom. The summed E-state index contributed by atoms with van der Waals surface area (Å²) in [5, 5.41) is 0. The summed E-state index contributed by atoms with van der Waals surface area (Å²) < 4.78 is 32.2. The van der Waals surface area contributed by atoms with Gasteiger partial charge in [-0.2, -0.15) is 0 Å². The molecule has 10 heteroatoms. The van der Waals surface area contributed by atoms with Gasteiger partial charge < -0.3 is 16.8 Å². The standard InChI is InChI=1S/Al.4BrO.Zr/c;4*1-2;/q;4*-1;+4. The van der Waals surface area contributed by atoms with Crippen LogP contribution in [-0.4, -0.2) is 17.4 Å². The molecule has 0 aliphatic rings. The van der Waals surface area contributed by atoms with E-state index in [0.29, 0.717) is 0 Å². The van der Waals surface area contributed by atoms with E-state index in [2.05, 4.69) is 0 Å². The first-order chi connectivity index (χ1) is 4.00. The molecule has 59 valence electrons. The molecule has 0 aliphatic heterocycles. The molecule has 4 nitrogen and oxygen atoms in total. The van der Waals surface area contributed by atoms with Gasteiger partial charge in [-0.05, 0) is 0 Å². The number of rotatable bonds is 0. The Morgan fingerprint density at radius 2 is 0.500 bits per heavy atom. The van der Waals surface area contributed by atoms with Gasteiger partial charge in [-0.3, -0.25) is 0 Å². The van der Waals surface area contributed by atoms with Crippen LogP contribution in [0.4, 0.5) is 0 Å². The molecule has 0 heterocycles. The summed E-state index contributed by atoms with van der Waals surface area (Å²) in [6, 6.07) is 0. The van der Waals surface area contributed by atoms with Gasteiger partial charge in [0.05, 0.1) is 0 Å². The Balaban J connectivity index is -0.00000000500. The summed E-state index contributed by atoms with van der Waals surface area (Å²) in [5.41, 5.74) is 0. The molecular formula is AlBr4O4Zr. The molecule has 0 aromatic rings. The molecule has 0 atom stereocenters. The molecule has 0 saturated heterocycles. The minimum absolute atomic E-state index is 0. The molecule has 0 spiro atoms. The van der Waals surface area contributed by atoms with Crippen LogP contribution in [0.3, 0.4) is 0 Å². The first-order valence-electron chi connectivity index (χ1n) is 0.617. The molecule has 3 radical (unpaired) electrons. The topological polar surface area (TPSA) is 92.2 Å². The Hall–Kier alpha value is 3.18. The Morgan fingerprint density at radius 1 is 0.500 bits per heavy atom. The second-order valence-electron chi connectivity index (χ2n) is 0. The van der Waals surface area contributed by atoms with Crippen molar-refractivity contribution < 1.29 is 43.0 Å². The van der Waals surface area contributed by atoms with Crippen LogP contribution in [0, 0.1) is 0 Å². The Labute approximate surface area is 123 Å². The summed E-state index contributed by atoms with van der Waals surface area (Å²) in [6.07, 6.45) is 0. The molecular weight excluding hydrogens is 502 g/mol. The summed E-state index contributed by atoms with van der Waals surface area (Å²) >= 11 is 6.75. The maximum atomic E-state index is 8.06. The van der Waals surface area contributed by atoms with Crippen LogP contribution in [0.25, 0.3) is 0 Å². The van der Waals surface area contributed by atoms with Gasteiger partial charge in [-0.1, -0.05) is 0 Å². The van der Waals surface area contributed by atoms with Gasteiger partial charge in [-0.25, -0.2) is 65.0 Å². The van der Waals surface area contributed by atoms with Crippen LogP contribution in [0.15, 0.2) is 0 Å². The minimum Gasteiger partial charge on any atom is -0.791 e. The quantitative estimate of drug-likeness (QED) is 0.368. The van der Waals surface area contributed by atoms with Gasteiger partial charge in [0.25, 0.3) is 0 Å². The predicted octanol–water partition coefficient (Wildman–Crippen LogP) is -1.76. The van der Waals surface area contributed by atoms with E-state index in [1.54, 1.807) is 65.0 Å². The van der Waals surface area contributed by atoms with Gasteiger partial charge in [0.15, 0.2) is 0 Å². The van der Waals surface area contributed by atoms with Gasteiger partial charge in [0, 0.05) is 17.4 Å². The molecule has 0 amide bonds. The van der Waals surface area contributed by atoms with E-state index in [-0.39, 0.29) is 43.6 Å². The van der Waals surface area contributed by atoms with Crippen molar-refractivity contribution in [1.82, 2.24) is 0 Å². The molecule has 0 rings (SSSR count). The molecule has 0 unspecified atom stereocenters. The van der Waals surface area contributed by atoms with Crippen molar-refractivity contribution in [2.24, 2.45) is 0 Å². The van der Waals surface area contributed by atoms with E-state index >= 15 is 0 Å². The predicted molar refractivity (Wildman–Crippen MR) is 41.5 cm³/mol. The van der Waals surface area contributed by atoms with E-state index in [0.717, 1.165) is 0 Å². The first kappa shape index (κ1) is 37.9. The van der Waals surface area contributed by atoms with E-state index in [9.17, 15) is 0 Å². The van der Waals surface area contributed by atoms with Crippen molar-refractivity contribution in [1.29, 1.82) is 0 Å². The second kappa shape index (κ2) is 151. The molecule has 0 saturated carbocycles. The van der Waals surface area contributed by atoms with Crippen LogP contribution in [-0.2, 0) is 26.2 Å². The first-order valence-corrected chi connectivity index (χ1v) is 3.21. The maximum Gasteiger partial charge on any atom is 4.00 e. The largest absolute Gasteiger partial charge is 4.00 e. The van der Waals surface area contributed by atoms with Crippen molar-refractivity contribution in [2.45, 2.75) is 0 Å². The molecule has 10 heavy (non-hydrogen) atoms. The fraction of sp³-hybridized carbons (Fsp3) is 0. The van der Waals surface area contributed by atoms with Crippen molar-refractivity contribution in [3.05, 3.63) is 0 Å². The third-order valence-corrected chi connectivity index (χ3v) is 0. The SMILES string of the molecule is [Al].[O-]Br.[O-]Br.[O-]Br.[O-]Br.[Zr+4]. The molecule has 0 aromatic carbocycles. The molecule has 0 N–H and O–H groups in total. The van der Waals surface area contributed by atoms with E-state index in [4.69, 9.17) is 16.8 Å². The van der Waals surface area contributed by atoms with Crippen molar-refractivity contribution >= 4 is 82.4 Å². The summed E-state index contributed by atoms with van der Waals surface area (Å²) in [7, 11) is 0. The fourth-order valence-corrected chi connectivity index (χ4v) is 0. The summed E-state index contributed by atoms with van der Waals surface area (Å²) in [4.78, 5) is 0. The van der Waals surface area contributed by atoms with Crippen LogP contribution in [0.1, 0.15) is 0 Å². The normalized spacial score (nSPS) is 2.40. The van der Waals surface area contributed by atoms with E-state index in [1.165, 1.54) is 0 Å². The minimum atomic E-state index is 0. The summed E-state index contributed by atoms with van der Waals surface area (Å²) in [6.45, 7) is 0. The monoisotopic (exact) mass is 497 g/mol. The van der Waals surface area contributed by atoms with Gasteiger partial charge in [-0.15, -0.1) is 0 Å².